The van der Waals surface area contributed by atoms with Crippen molar-refractivity contribution in [3.05, 3.63) is 6.07 Å². The third kappa shape index (κ3) is 1.63. The number of nitrogen functional groups attached to an aromatic ring is 1. The van der Waals surface area contributed by atoms with Gasteiger partial charge in [-0.3, -0.25) is 0 Å². The van der Waals surface area contributed by atoms with Gasteiger partial charge in [0.2, 0.25) is 0 Å². The number of hydrogen-bond donors (Lipinski definition) is 1. The number of rotatable bonds is 1. The Hall–Kier alpha value is -0.770. The van der Waals surface area contributed by atoms with Crippen LogP contribution in [-0.4, -0.2) is 17.0 Å². The molecule has 72 valence electrons. The quantitative estimate of drug-likeness (QED) is 0.748. The Balaban J connectivity index is 2.17. The molecule has 2 atom stereocenters. The second kappa shape index (κ2) is 3.18. The molecule has 0 aliphatic carbocycles. The van der Waals surface area contributed by atoms with Crippen molar-refractivity contribution in [3.8, 4) is 0 Å². The van der Waals surface area contributed by atoms with Crippen LogP contribution < -0.4 is 10.6 Å². The highest BCUT2D eigenvalue weighted by Gasteiger charge is 2.27. The fourth-order valence-electron chi connectivity index (χ4n) is 2.02. The highest BCUT2D eigenvalue weighted by Crippen LogP contribution is 2.32. The normalized spacial score (nSPS) is 28.3. The molecular weight excluding hydrogens is 182 g/mol. The van der Waals surface area contributed by atoms with Crippen LogP contribution in [0.1, 0.15) is 20.3 Å². The van der Waals surface area contributed by atoms with Gasteiger partial charge in [-0.2, -0.15) is 4.37 Å². The van der Waals surface area contributed by atoms with Crippen molar-refractivity contribution in [2.24, 2.45) is 5.92 Å². The average molecular weight is 197 g/mol. The molecule has 3 nitrogen and oxygen atoms in total. The molecule has 1 aromatic heterocycles. The van der Waals surface area contributed by atoms with Crippen molar-refractivity contribution in [2.75, 3.05) is 17.2 Å². The molecule has 1 aliphatic rings. The van der Waals surface area contributed by atoms with Gasteiger partial charge < -0.3 is 10.6 Å². The van der Waals surface area contributed by atoms with E-state index < -0.39 is 0 Å². The van der Waals surface area contributed by atoms with Crippen molar-refractivity contribution in [1.82, 2.24) is 4.37 Å². The van der Waals surface area contributed by atoms with E-state index in [1.165, 1.54) is 23.0 Å². The lowest BCUT2D eigenvalue weighted by atomic mass is 10.1. The molecule has 0 spiro atoms. The van der Waals surface area contributed by atoms with Gasteiger partial charge in [0.1, 0.15) is 10.8 Å². The minimum atomic E-state index is 0.634. The molecule has 4 heteroatoms. The van der Waals surface area contributed by atoms with Crippen LogP contribution in [0.25, 0.3) is 0 Å². The maximum atomic E-state index is 5.60. The maximum Gasteiger partial charge on any atom is 0.139 e. The molecule has 13 heavy (non-hydrogen) atoms. The molecule has 1 saturated heterocycles. The molecule has 0 aromatic carbocycles. The van der Waals surface area contributed by atoms with E-state index in [1.807, 2.05) is 6.07 Å². The first-order valence-corrected chi connectivity index (χ1v) is 5.43. The Kier molecular flexibility index (Phi) is 2.15. The Morgan fingerprint density at radius 3 is 2.85 bits per heavy atom. The highest BCUT2D eigenvalue weighted by atomic mass is 32.1. The first-order chi connectivity index (χ1) is 6.16. The summed E-state index contributed by atoms with van der Waals surface area (Å²) in [5.74, 6) is 1.44. The average Bonchev–Trinajstić information content (AvgIpc) is 2.58. The van der Waals surface area contributed by atoms with Gasteiger partial charge in [0.05, 0.1) is 0 Å². The number of hydrogen-bond acceptors (Lipinski definition) is 4. The lowest BCUT2D eigenvalue weighted by Crippen LogP contribution is -2.25. The third-order valence-electron chi connectivity index (χ3n) is 2.58. The topological polar surface area (TPSA) is 42.1 Å². The zero-order valence-electron chi connectivity index (χ0n) is 8.03. The van der Waals surface area contributed by atoms with Crippen LogP contribution in [0.2, 0.25) is 0 Å². The van der Waals surface area contributed by atoms with Gasteiger partial charge in [-0.1, -0.05) is 6.92 Å². The Labute approximate surface area is 82.7 Å². The molecule has 1 fully saturated rings. The largest absolute Gasteiger partial charge is 0.383 e. The van der Waals surface area contributed by atoms with Crippen LogP contribution in [0.4, 0.5) is 10.8 Å². The van der Waals surface area contributed by atoms with E-state index >= 15 is 0 Å². The number of nitrogens with zero attached hydrogens (tertiary/aromatic N) is 2. The molecule has 2 heterocycles. The standard InChI is InChI=1S/C9H15N3S/c1-6-3-7(2)12(5-6)9-4-8(10)11-13-9/h4,6-7H,3,5H2,1-2H3,(H2,10,11). The minimum absolute atomic E-state index is 0.634. The molecule has 2 rings (SSSR count). The first kappa shape index (κ1) is 8.81. The van der Waals surface area contributed by atoms with Crippen LogP contribution in [0.15, 0.2) is 6.07 Å². The zero-order chi connectivity index (χ0) is 9.42. The van der Waals surface area contributed by atoms with Gasteiger partial charge in [-0.15, -0.1) is 0 Å². The monoisotopic (exact) mass is 197 g/mol. The molecule has 2 N–H and O–H groups in total. The van der Waals surface area contributed by atoms with Crippen molar-refractivity contribution in [3.63, 3.8) is 0 Å². The smallest absolute Gasteiger partial charge is 0.139 e. The zero-order valence-corrected chi connectivity index (χ0v) is 8.84. The third-order valence-corrected chi connectivity index (χ3v) is 3.42. The van der Waals surface area contributed by atoms with E-state index in [0.717, 1.165) is 12.5 Å². The van der Waals surface area contributed by atoms with Gasteiger partial charge in [-0.25, -0.2) is 0 Å². The van der Waals surface area contributed by atoms with E-state index in [4.69, 9.17) is 5.73 Å². The van der Waals surface area contributed by atoms with Crippen LogP contribution in [-0.2, 0) is 0 Å². The predicted octanol–water partition coefficient (Wildman–Crippen LogP) is 1.96. The SMILES string of the molecule is CC1CC(C)N(c2cc(N)ns2)C1. The summed E-state index contributed by atoms with van der Waals surface area (Å²) < 4.78 is 4.10. The first-order valence-electron chi connectivity index (χ1n) is 4.65. The van der Waals surface area contributed by atoms with Crippen LogP contribution in [0.3, 0.4) is 0 Å². The maximum absolute atomic E-state index is 5.60. The fraction of sp³-hybridized carbons (Fsp3) is 0.667. The Bertz CT molecular complexity index is 297. The number of aromatic nitrogens is 1. The molecule has 0 amide bonds. The van der Waals surface area contributed by atoms with E-state index in [2.05, 4.69) is 23.1 Å². The van der Waals surface area contributed by atoms with E-state index in [1.54, 1.807) is 0 Å². The summed E-state index contributed by atoms with van der Waals surface area (Å²) in [4.78, 5) is 2.40. The van der Waals surface area contributed by atoms with Gasteiger partial charge in [-0.05, 0) is 30.8 Å². The summed E-state index contributed by atoms with van der Waals surface area (Å²) in [5, 5.41) is 1.22. The predicted molar refractivity (Wildman–Crippen MR) is 57.1 cm³/mol. The van der Waals surface area contributed by atoms with Crippen molar-refractivity contribution in [2.45, 2.75) is 26.3 Å². The highest BCUT2D eigenvalue weighted by molar-refractivity contribution is 7.10. The van der Waals surface area contributed by atoms with E-state index in [0.29, 0.717) is 11.9 Å². The molecule has 0 saturated carbocycles. The Morgan fingerprint density at radius 1 is 1.62 bits per heavy atom. The van der Waals surface area contributed by atoms with E-state index in [-0.39, 0.29) is 0 Å². The number of anilines is 2. The van der Waals surface area contributed by atoms with Crippen LogP contribution in [0, 0.1) is 5.92 Å². The Morgan fingerprint density at radius 2 is 2.38 bits per heavy atom. The van der Waals surface area contributed by atoms with Crippen molar-refractivity contribution < 1.29 is 0 Å². The summed E-state index contributed by atoms with van der Waals surface area (Å²) in [6.07, 6.45) is 1.28. The minimum Gasteiger partial charge on any atom is -0.383 e. The van der Waals surface area contributed by atoms with Crippen LogP contribution >= 0.6 is 11.5 Å². The van der Waals surface area contributed by atoms with Gasteiger partial charge in [0, 0.05) is 18.7 Å². The summed E-state index contributed by atoms with van der Waals surface area (Å²) >= 11 is 1.50. The van der Waals surface area contributed by atoms with Crippen molar-refractivity contribution >= 4 is 22.4 Å². The molecule has 0 radical (unpaired) electrons. The van der Waals surface area contributed by atoms with E-state index in [9.17, 15) is 0 Å². The fourth-order valence-corrected chi connectivity index (χ4v) is 2.81. The molecule has 1 aliphatic heterocycles. The lowest BCUT2D eigenvalue weighted by Gasteiger charge is -2.20. The molecule has 0 bridgehead atoms. The van der Waals surface area contributed by atoms with Crippen molar-refractivity contribution in [1.29, 1.82) is 0 Å². The van der Waals surface area contributed by atoms with Gasteiger partial charge in [0.15, 0.2) is 0 Å². The van der Waals surface area contributed by atoms with Gasteiger partial charge >= 0.3 is 0 Å². The molecule has 2 unspecified atom stereocenters. The number of nitrogens with two attached hydrogens (primary N) is 1. The summed E-state index contributed by atoms with van der Waals surface area (Å²) in [6.45, 7) is 5.70. The molecule has 1 aromatic rings. The van der Waals surface area contributed by atoms with Crippen LogP contribution in [0.5, 0.6) is 0 Å². The van der Waals surface area contributed by atoms with Gasteiger partial charge in [0.25, 0.3) is 0 Å². The molecular formula is C9H15N3S. The summed E-state index contributed by atoms with van der Waals surface area (Å²) in [6, 6.07) is 2.61. The second-order valence-corrected chi connectivity index (χ2v) is 4.72. The lowest BCUT2D eigenvalue weighted by molar-refractivity contribution is 0.625. The summed E-state index contributed by atoms with van der Waals surface area (Å²) in [7, 11) is 0. The summed E-state index contributed by atoms with van der Waals surface area (Å²) in [5.41, 5.74) is 5.60. The second-order valence-electron chi connectivity index (χ2n) is 3.93.